The average Bonchev–Trinajstić information content (AvgIpc) is 2.32. The van der Waals surface area contributed by atoms with Gasteiger partial charge in [0.1, 0.15) is 6.07 Å². The van der Waals surface area contributed by atoms with Gasteiger partial charge in [0.05, 0.1) is 12.1 Å². The van der Waals surface area contributed by atoms with Gasteiger partial charge in [0.25, 0.3) is 0 Å². The second-order valence-electron chi connectivity index (χ2n) is 3.54. The first-order chi connectivity index (χ1) is 8.12. The molecule has 0 fully saturated rings. The van der Waals surface area contributed by atoms with Gasteiger partial charge in [0.15, 0.2) is 17.6 Å². The zero-order chi connectivity index (χ0) is 12.8. The van der Waals surface area contributed by atoms with E-state index in [9.17, 15) is 0 Å². The van der Waals surface area contributed by atoms with Gasteiger partial charge in [0, 0.05) is 0 Å². The fourth-order valence-electron chi connectivity index (χ4n) is 1.40. The van der Waals surface area contributed by atoms with E-state index in [1.807, 2.05) is 12.1 Å². The van der Waals surface area contributed by atoms with Crippen LogP contribution >= 0.6 is 11.6 Å². The first kappa shape index (κ1) is 13.6. The van der Waals surface area contributed by atoms with Crippen LogP contribution in [-0.2, 0) is 6.42 Å². The van der Waals surface area contributed by atoms with E-state index in [4.69, 9.17) is 32.1 Å². The Balaban J connectivity index is 3.08. The number of ether oxygens (including phenoxy) is 2. The minimum atomic E-state index is -0.582. The van der Waals surface area contributed by atoms with E-state index >= 15 is 0 Å². The van der Waals surface area contributed by atoms with Crippen molar-refractivity contribution in [2.24, 2.45) is 5.73 Å². The molecule has 0 aliphatic carbocycles. The second-order valence-corrected chi connectivity index (χ2v) is 3.94. The molecule has 1 aromatic rings. The summed E-state index contributed by atoms with van der Waals surface area (Å²) in [5.74, 6) is 0.909. The quantitative estimate of drug-likeness (QED) is 0.874. The number of hydrogen-bond acceptors (Lipinski definition) is 4. The highest BCUT2D eigenvalue weighted by Crippen LogP contribution is 2.37. The van der Waals surface area contributed by atoms with Crippen LogP contribution in [0.25, 0.3) is 0 Å². The molecule has 0 bridgehead atoms. The van der Waals surface area contributed by atoms with Crippen LogP contribution < -0.4 is 15.2 Å². The molecule has 1 aromatic carbocycles. The van der Waals surface area contributed by atoms with Gasteiger partial charge in [-0.1, -0.05) is 11.6 Å². The van der Waals surface area contributed by atoms with Crippen LogP contribution in [0.3, 0.4) is 0 Å². The van der Waals surface area contributed by atoms with Gasteiger partial charge in [-0.15, -0.1) is 0 Å². The summed E-state index contributed by atoms with van der Waals surface area (Å²) in [6, 6.07) is 5.57. The molecule has 0 aromatic heterocycles. The Hall–Kier alpha value is -1.44. The van der Waals surface area contributed by atoms with Crippen molar-refractivity contribution in [2.75, 3.05) is 13.7 Å². The molecule has 0 saturated heterocycles. The second kappa shape index (κ2) is 6.33. The molecule has 0 saturated carbocycles. The Morgan fingerprint density at radius 1 is 1.53 bits per heavy atom. The number of rotatable bonds is 5. The van der Waals surface area contributed by atoms with E-state index < -0.39 is 6.10 Å². The molecule has 1 atom stereocenters. The molecule has 92 valence electrons. The van der Waals surface area contributed by atoms with Crippen molar-refractivity contribution in [1.29, 1.82) is 5.26 Å². The third-order valence-corrected chi connectivity index (χ3v) is 2.48. The van der Waals surface area contributed by atoms with Gasteiger partial charge in [-0.25, -0.2) is 0 Å². The third-order valence-electron chi connectivity index (χ3n) is 2.20. The van der Waals surface area contributed by atoms with Crippen molar-refractivity contribution in [3.8, 4) is 17.6 Å². The van der Waals surface area contributed by atoms with Crippen molar-refractivity contribution in [1.82, 2.24) is 0 Å². The molecule has 0 spiro atoms. The minimum Gasteiger partial charge on any atom is -0.493 e. The molecule has 0 aliphatic rings. The molecule has 0 aliphatic heterocycles. The fraction of sp³-hybridized carbons (Fsp3) is 0.417. The maximum absolute atomic E-state index is 8.71. The lowest BCUT2D eigenvalue weighted by Crippen LogP contribution is -2.10. The van der Waals surface area contributed by atoms with Crippen LogP contribution in [0.5, 0.6) is 11.5 Å². The SMILES string of the molecule is COc1cc(CCN)cc(Cl)c1OC(C)C#N. The predicted molar refractivity (Wildman–Crippen MR) is 66.5 cm³/mol. The molecule has 17 heavy (non-hydrogen) atoms. The monoisotopic (exact) mass is 254 g/mol. The predicted octanol–water partition coefficient (Wildman–Crippen LogP) is 2.14. The van der Waals surface area contributed by atoms with Crippen LogP contribution in [0.1, 0.15) is 12.5 Å². The normalized spacial score (nSPS) is 11.7. The largest absolute Gasteiger partial charge is 0.493 e. The number of nitriles is 1. The number of halogens is 1. The van der Waals surface area contributed by atoms with Gasteiger partial charge in [-0.05, 0) is 37.6 Å². The Morgan fingerprint density at radius 2 is 2.24 bits per heavy atom. The highest BCUT2D eigenvalue weighted by atomic mass is 35.5. The lowest BCUT2D eigenvalue weighted by molar-refractivity contribution is 0.260. The van der Waals surface area contributed by atoms with Gasteiger partial charge >= 0.3 is 0 Å². The Labute approximate surface area is 106 Å². The lowest BCUT2D eigenvalue weighted by Gasteiger charge is -2.15. The van der Waals surface area contributed by atoms with E-state index in [0.29, 0.717) is 29.5 Å². The molecule has 2 N–H and O–H groups in total. The van der Waals surface area contributed by atoms with Crippen LogP contribution in [-0.4, -0.2) is 19.8 Å². The van der Waals surface area contributed by atoms with Gasteiger partial charge in [0.2, 0.25) is 0 Å². The van der Waals surface area contributed by atoms with Crippen molar-refractivity contribution >= 4 is 11.6 Å². The van der Waals surface area contributed by atoms with Crippen LogP contribution in [0.4, 0.5) is 0 Å². The van der Waals surface area contributed by atoms with Crippen LogP contribution in [0.15, 0.2) is 12.1 Å². The maximum Gasteiger partial charge on any atom is 0.182 e. The maximum atomic E-state index is 8.71. The van der Waals surface area contributed by atoms with Crippen molar-refractivity contribution in [3.05, 3.63) is 22.7 Å². The molecule has 5 heteroatoms. The zero-order valence-corrected chi connectivity index (χ0v) is 10.6. The van der Waals surface area contributed by atoms with Crippen LogP contribution in [0, 0.1) is 11.3 Å². The standard InChI is InChI=1S/C12H15ClN2O2/c1-8(7-15)17-12-10(13)5-9(3-4-14)6-11(12)16-2/h5-6,8H,3-4,14H2,1-2H3. The summed E-state index contributed by atoms with van der Waals surface area (Å²) in [5.41, 5.74) is 6.46. The number of methoxy groups -OCH3 is 1. The number of benzene rings is 1. The van der Waals surface area contributed by atoms with Crippen molar-refractivity contribution in [3.63, 3.8) is 0 Å². The molecular weight excluding hydrogens is 240 g/mol. The van der Waals surface area contributed by atoms with Crippen molar-refractivity contribution in [2.45, 2.75) is 19.4 Å². The third kappa shape index (κ3) is 3.52. The van der Waals surface area contributed by atoms with Gasteiger partial charge < -0.3 is 15.2 Å². The van der Waals surface area contributed by atoms with Gasteiger partial charge in [-0.3, -0.25) is 0 Å². The summed E-state index contributed by atoms with van der Waals surface area (Å²) in [6.45, 7) is 2.18. The van der Waals surface area contributed by atoms with Crippen LogP contribution in [0.2, 0.25) is 5.02 Å². The first-order valence-corrected chi connectivity index (χ1v) is 5.63. The fourth-order valence-corrected chi connectivity index (χ4v) is 1.68. The minimum absolute atomic E-state index is 0.393. The molecule has 0 heterocycles. The van der Waals surface area contributed by atoms with Gasteiger partial charge in [-0.2, -0.15) is 5.26 Å². The number of hydrogen-bond donors (Lipinski definition) is 1. The highest BCUT2D eigenvalue weighted by Gasteiger charge is 2.14. The zero-order valence-electron chi connectivity index (χ0n) is 9.87. The summed E-state index contributed by atoms with van der Waals surface area (Å²) in [7, 11) is 1.53. The summed E-state index contributed by atoms with van der Waals surface area (Å²) < 4.78 is 10.6. The molecule has 4 nitrogen and oxygen atoms in total. The summed E-state index contributed by atoms with van der Waals surface area (Å²) in [5, 5.41) is 9.14. The van der Waals surface area contributed by atoms with E-state index in [1.165, 1.54) is 7.11 Å². The molecule has 1 unspecified atom stereocenters. The van der Waals surface area contributed by atoms with E-state index in [-0.39, 0.29) is 0 Å². The topological polar surface area (TPSA) is 68.3 Å². The van der Waals surface area contributed by atoms with E-state index in [2.05, 4.69) is 0 Å². The molecule has 1 rings (SSSR count). The number of nitrogens with two attached hydrogens (primary N) is 1. The first-order valence-electron chi connectivity index (χ1n) is 5.25. The molecular formula is C12H15ClN2O2. The lowest BCUT2D eigenvalue weighted by atomic mass is 10.1. The highest BCUT2D eigenvalue weighted by molar-refractivity contribution is 6.32. The Kier molecular flexibility index (Phi) is 5.08. The molecule has 0 amide bonds. The summed E-state index contributed by atoms with van der Waals surface area (Å²) in [6.07, 6.45) is 0.131. The van der Waals surface area contributed by atoms with E-state index in [0.717, 1.165) is 5.56 Å². The molecule has 0 radical (unpaired) electrons. The van der Waals surface area contributed by atoms with Crippen molar-refractivity contribution < 1.29 is 9.47 Å². The average molecular weight is 255 g/mol. The Bertz CT molecular complexity index is 429. The summed E-state index contributed by atoms with van der Waals surface area (Å²) >= 11 is 6.09. The smallest absolute Gasteiger partial charge is 0.182 e. The van der Waals surface area contributed by atoms with E-state index in [1.54, 1.807) is 13.0 Å². The summed E-state index contributed by atoms with van der Waals surface area (Å²) in [4.78, 5) is 0. The Morgan fingerprint density at radius 3 is 2.76 bits per heavy atom. The number of nitrogens with zero attached hydrogens (tertiary/aromatic N) is 1.